The van der Waals surface area contributed by atoms with Gasteiger partial charge in [-0.2, -0.15) is 0 Å². The number of hydrogen-bond acceptors (Lipinski definition) is 3. The second-order valence-corrected chi connectivity index (χ2v) is 5.29. The third-order valence-electron chi connectivity index (χ3n) is 3.42. The predicted octanol–water partition coefficient (Wildman–Crippen LogP) is 2.56. The van der Waals surface area contributed by atoms with Crippen LogP contribution in [0.1, 0.15) is 30.1 Å². The highest BCUT2D eigenvalue weighted by molar-refractivity contribution is 5.83. The number of nitrogens with one attached hydrogen (secondary N) is 1. The summed E-state index contributed by atoms with van der Waals surface area (Å²) in [5, 5.41) is 3.07. The first-order chi connectivity index (χ1) is 10.1. The fourth-order valence-electron chi connectivity index (χ4n) is 2.34. The summed E-state index contributed by atoms with van der Waals surface area (Å²) in [5.41, 5.74) is 1.98. The van der Waals surface area contributed by atoms with Gasteiger partial charge in [0, 0.05) is 12.4 Å². The molecule has 1 aromatic carbocycles. The van der Waals surface area contributed by atoms with E-state index >= 15 is 0 Å². The number of aromatic nitrogens is 1. The Kier molecular flexibility index (Phi) is 5.06. The monoisotopic (exact) mass is 283 g/mol. The normalized spacial score (nSPS) is 13.7. The van der Waals surface area contributed by atoms with E-state index in [1.165, 1.54) is 0 Å². The number of amides is 1. The molecule has 0 bridgehead atoms. The number of likely N-dealkylation sites (N-methyl/N-ethyl adjacent to an activating group) is 1. The van der Waals surface area contributed by atoms with E-state index < -0.39 is 0 Å². The van der Waals surface area contributed by atoms with Gasteiger partial charge in [0.15, 0.2) is 0 Å². The summed E-state index contributed by atoms with van der Waals surface area (Å²) in [7, 11) is 3.79. The maximum absolute atomic E-state index is 12.6. The predicted molar refractivity (Wildman–Crippen MR) is 83.7 cm³/mol. The quantitative estimate of drug-likeness (QED) is 0.917. The van der Waals surface area contributed by atoms with Gasteiger partial charge >= 0.3 is 0 Å². The van der Waals surface area contributed by atoms with Crippen molar-refractivity contribution in [2.75, 3.05) is 14.1 Å². The number of pyridine rings is 1. The molecule has 1 aromatic heterocycles. The molecule has 2 rings (SSSR count). The number of hydrogen-bond donors (Lipinski definition) is 1. The molecular formula is C17H21N3O. The Morgan fingerprint density at radius 3 is 2.33 bits per heavy atom. The zero-order chi connectivity index (χ0) is 15.2. The van der Waals surface area contributed by atoms with E-state index in [4.69, 9.17) is 0 Å². The van der Waals surface area contributed by atoms with E-state index in [1.54, 1.807) is 12.4 Å². The highest BCUT2D eigenvalue weighted by Gasteiger charge is 2.24. The van der Waals surface area contributed by atoms with Crippen molar-refractivity contribution in [3.05, 3.63) is 66.0 Å². The minimum absolute atomic E-state index is 0.0237. The molecular weight excluding hydrogens is 262 g/mol. The van der Waals surface area contributed by atoms with Gasteiger partial charge in [-0.1, -0.05) is 36.4 Å². The van der Waals surface area contributed by atoms with Gasteiger partial charge < -0.3 is 5.32 Å². The Hall–Kier alpha value is -2.20. The molecule has 110 valence electrons. The maximum atomic E-state index is 12.6. The lowest BCUT2D eigenvalue weighted by Crippen LogP contribution is -2.38. The van der Waals surface area contributed by atoms with Crippen molar-refractivity contribution in [3.63, 3.8) is 0 Å². The van der Waals surface area contributed by atoms with Crippen molar-refractivity contribution in [1.82, 2.24) is 15.2 Å². The lowest BCUT2D eigenvalue weighted by Gasteiger charge is -2.25. The number of nitrogens with zero attached hydrogens (tertiary/aromatic N) is 2. The van der Waals surface area contributed by atoms with Crippen molar-refractivity contribution in [1.29, 1.82) is 0 Å². The smallest absolute Gasteiger partial charge is 0.242 e. The van der Waals surface area contributed by atoms with Crippen LogP contribution >= 0.6 is 0 Å². The van der Waals surface area contributed by atoms with Crippen LogP contribution in [0.15, 0.2) is 54.9 Å². The Balaban J connectivity index is 2.13. The fourth-order valence-corrected chi connectivity index (χ4v) is 2.34. The SMILES string of the molecule is CC(NC(=O)C(c1cccnc1)N(C)C)c1ccccc1. The lowest BCUT2D eigenvalue weighted by atomic mass is 10.1. The first kappa shape index (κ1) is 15.2. The van der Waals surface area contributed by atoms with E-state index in [9.17, 15) is 4.79 Å². The Labute approximate surface area is 125 Å². The lowest BCUT2D eigenvalue weighted by molar-refractivity contribution is -0.126. The van der Waals surface area contributed by atoms with E-state index in [1.807, 2.05) is 68.4 Å². The molecule has 1 amide bonds. The molecule has 0 spiro atoms. The third-order valence-corrected chi connectivity index (χ3v) is 3.42. The molecule has 21 heavy (non-hydrogen) atoms. The van der Waals surface area contributed by atoms with Crippen LogP contribution in [-0.4, -0.2) is 29.9 Å². The van der Waals surface area contributed by atoms with Crippen LogP contribution in [0.3, 0.4) is 0 Å². The topological polar surface area (TPSA) is 45.2 Å². The summed E-state index contributed by atoms with van der Waals surface area (Å²) in [5.74, 6) is -0.0237. The van der Waals surface area contributed by atoms with Gasteiger partial charge in [-0.15, -0.1) is 0 Å². The highest BCUT2D eigenvalue weighted by atomic mass is 16.2. The molecule has 0 saturated heterocycles. The molecule has 0 saturated carbocycles. The standard InChI is InChI=1S/C17H21N3O/c1-13(14-8-5-4-6-9-14)19-17(21)16(20(2)3)15-10-7-11-18-12-15/h4-13,16H,1-3H3,(H,19,21). The molecule has 4 heteroatoms. The maximum Gasteiger partial charge on any atom is 0.242 e. The second kappa shape index (κ2) is 6.99. The van der Waals surface area contributed by atoms with Crippen molar-refractivity contribution >= 4 is 5.91 Å². The van der Waals surface area contributed by atoms with Gasteiger partial charge in [0.1, 0.15) is 6.04 Å². The van der Waals surface area contributed by atoms with Crippen LogP contribution in [0.25, 0.3) is 0 Å². The van der Waals surface area contributed by atoms with E-state index in [2.05, 4.69) is 10.3 Å². The molecule has 4 nitrogen and oxygen atoms in total. The minimum Gasteiger partial charge on any atom is -0.348 e. The van der Waals surface area contributed by atoms with Crippen LogP contribution in [0, 0.1) is 0 Å². The Bertz CT molecular complexity index is 569. The third kappa shape index (κ3) is 3.89. The number of carbonyl (C=O) groups is 1. The summed E-state index contributed by atoms with van der Waals surface area (Å²) >= 11 is 0. The van der Waals surface area contributed by atoms with Gasteiger partial charge in [0.2, 0.25) is 5.91 Å². The fraction of sp³-hybridized carbons (Fsp3) is 0.294. The average molecular weight is 283 g/mol. The molecule has 0 radical (unpaired) electrons. The van der Waals surface area contributed by atoms with Gasteiger partial charge in [0.25, 0.3) is 0 Å². The molecule has 0 aliphatic rings. The largest absolute Gasteiger partial charge is 0.348 e. The van der Waals surface area contributed by atoms with Crippen LogP contribution in [0.2, 0.25) is 0 Å². The first-order valence-corrected chi connectivity index (χ1v) is 7.01. The highest BCUT2D eigenvalue weighted by Crippen LogP contribution is 2.19. The summed E-state index contributed by atoms with van der Waals surface area (Å²) in [6.07, 6.45) is 3.44. The molecule has 2 unspecified atom stereocenters. The number of benzene rings is 1. The summed E-state index contributed by atoms with van der Waals surface area (Å²) in [4.78, 5) is 18.6. The van der Waals surface area contributed by atoms with Crippen LogP contribution in [-0.2, 0) is 4.79 Å². The molecule has 1 N–H and O–H groups in total. The first-order valence-electron chi connectivity index (χ1n) is 7.01. The van der Waals surface area contributed by atoms with Crippen LogP contribution in [0.4, 0.5) is 0 Å². The molecule has 2 atom stereocenters. The van der Waals surface area contributed by atoms with E-state index in [0.717, 1.165) is 11.1 Å². The number of carbonyl (C=O) groups excluding carboxylic acids is 1. The van der Waals surface area contributed by atoms with Crippen LogP contribution in [0.5, 0.6) is 0 Å². The summed E-state index contributed by atoms with van der Waals surface area (Å²) in [6, 6.07) is 13.3. The summed E-state index contributed by atoms with van der Waals surface area (Å²) in [6.45, 7) is 1.99. The summed E-state index contributed by atoms with van der Waals surface area (Å²) < 4.78 is 0. The molecule has 0 aliphatic carbocycles. The molecule has 0 fully saturated rings. The van der Waals surface area contributed by atoms with E-state index in [0.29, 0.717) is 0 Å². The van der Waals surface area contributed by atoms with Gasteiger partial charge in [-0.05, 0) is 38.2 Å². The molecule has 2 aromatic rings. The molecule has 0 aliphatic heterocycles. The number of rotatable bonds is 5. The molecule has 1 heterocycles. The van der Waals surface area contributed by atoms with Crippen molar-refractivity contribution in [3.8, 4) is 0 Å². The minimum atomic E-state index is -0.343. The second-order valence-electron chi connectivity index (χ2n) is 5.29. The Morgan fingerprint density at radius 1 is 1.10 bits per heavy atom. The average Bonchev–Trinajstić information content (AvgIpc) is 2.49. The van der Waals surface area contributed by atoms with E-state index in [-0.39, 0.29) is 18.0 Å². The van der Waals surface area contributed by atoms with Gasteiger partial charge in [-0.25, -0.2) is 0 Å². The van der Waals surface area contributed by atoms with Crippen LogP contribution < -0.4 is 5.32 Å². The zero-order valence-electron chi connectivity index (χ0n) is 12.7. The van der Waals surface area contributed by atoms with Gasteiger partial charge in [0.05, 0.1) is 6.04 Å². The Morgan fingerprint density at radius 2 is 1.76 bits per heavy atom. The van der Waals surface area contributed by atoms with Crippen molar-refractivity contribution in [2.24, 2.45) is 0 Å². The van der Waals surface area contributed by atoms with Gasteiger partial charge in [-0.3, -0.25) is 14.7 Å². The van der Waals surface area contributed by atoms with Crippen molar-refractivity contribution < 1.29 is 4.79 Å². The van der Waals surface area contributed by atoms with Crippen molar-refractivity contribution in [2.45, 2.75) is 19.0 Å². The zero-order valence-corrected chi connectivity index (χ0v) is 12.7.